The van der Waals surface area contributed by atoms with Crippen molar-refractivity contribution >= 4 is 11.0 Å². The average Bonchev–Trinajstić information content (AvgIpc) is 3.08. The zero-order valence-electron chi connectivity index (χ0n) is 15.0. The second kappa shape index (κ2) is 7.76. The van der Waals surface area contributed by atoms with Gasteiger partial charge in [-0.3, -0.25) is 9.88 Å². The number of hydrogen-bond donors (Lipinski definition) is 0. The minimum atomic E-state index is -4.73. The van der Waals surface area contributed by atoms with E-state index in [0.29, 0.717) is 11.3 Å². The Morgan fingerprint density at radius 1 is 1.07 bits per heavy atom. The van der Waals surface area contributed by atoms with Crippen molar-refractivity contribution in [2.24, 2.45) is 0 Å². The zero-order valence-corrected chi connectivity index (χ0v) is 15.0. The van der Waals surface area contributed by atoms with Gasteiger partial charge in [0.25, 0.3) is 0 Å². The van der Waals surface area contributed by atoms with Crippen LogP contribution in [0.5, 0.6) is 5.75 Å². The normalized spacial score (nSPS) is 15.8. The van der Waals surface area contributed by atoms with Gasteiger partial charge < -0.3 is 14.0 Å². The number of fused-ring (bicyclic) bond motifs is 1. The number of pyridine rings is 1. The monoisotopic (exact) mass is 392 g/mol. The van der Waals surface area contributed by atoms with Crippen molar-refractivity contribution < 1.29 is 22.6 Å². The fraction of sp³-hybridized carbons (Fsp3) is 0.368. The number of imidazole rings is 1. The lowest BCUT2D eigenvalue weighted by Crippen LogP contribution is -2.38. The molecule has 1 saturated heterocycles. The van der Waals surface area contributed by atoms with E-state index in [9.17, 15) is 13.2 Å². The number of halogens is 3. The first-order valence-electron chi connectivity index (χ1n) is 8.95. The molecular weight excluding hydrogens is 373 g/mol. The molecule has 9 heteroatoms. The summed E-state index contributed by atoms with van der Waals surface area (Å²) in [6.07, 6.45) is -1.33. The topological polar surface area (TPSA) is 52.4 Å². The maximum absolute atomic E-state index is 12.5. The first kappa shape index (κ1) is 18.7. The van der Waals surface area contributed by atoms with E-state index < -0.39 is 6.36 Å². The zero-order chi connectivity index (χ0) is 19.6. The summed E-state index contributed by atoms with van der Waals surface area (Å²) < 4.78 is 48.8. The summed E-state index contributed by atoms with van der Waals surface area (Å²) in [5.74, 6) is -0.271. The van der Waals surface area contributed by atoms with Crippen molar-refractivity contribution in [3.63, 3.8) is 0 Å². The summed E-state index contributed by atoms with van der Waals surface area (Å²) in [7, 11) is 0. The van der Waals surface area contributed by atoms with Crippen LogP contribution < -0.4 is 4.74 Å². The van der Waals surface area contributed by atoms with Gasteiger partial charge in [-0.2, -0.15) is 0 Å². The van der Waals surface area contributed by atoms with Gasteiger partial charge in [-0.1, -0.05) is 12.1 Å². The average molecular weight is 392 g/mol. The smallest absolute Gasteiger partial charge is 0.406 e. The molecule has 1 aliphatic heterocycles. The van der Waals surface area contributed by atoms with Crippen LogP contribution in [0.3, 0.4) is 0 Å². The number of hydrogen-bond acceptors (Lipinski definition) is 5. The van der Waals surface area contributed by atoms with E-state index in [1.165, 1.54) is 18.2 Å². The third-order valence-corrected chi connectivity index (χ3v) is 4.63. The molecule has 0 bridgehead atoms. The number of alkyl halides is 3. The molecule has 0 spiro atoms. The predicted molar refractivity (Wildman–Crippen MR) is 96.9 cm³/mol. The molecule has 3 aromatic rings. The van der Waals surface area contributed by atoms with Gasteiger partial charge in [-0.15, -0.1) is 13.2 Å². The SMILES string of the molecule is FC(F)(F)Oc1cccc(-c2cc3c(cn2)ncn3CCN2CCOCC2)c1. The molecule has 2 aromatic heterocycles. The van der Waals surface area contributed by atoms with E-state index in [4.69, 9.17) is 4.74 Å². The quantitative estimate of drug-likeness (QED) is 0.667. The van der Waals surface area contributed by atoms with E-state index >= 15 is 0 Å². The lowest BCUT2D eigenvalue weighted by atomic mass is 10.1. The molecule has 1 aromatic carbocycles. The maximum Gasteiger partial charge on any atom is 0.573 e. The van der Waals surface area contributed by atoms with Gasteiger partial charge in [0.1, 0.15) is 11.3 Å². The Kier molecular flexibility index (Phi) is 5.19. The van der Waals surface area contributed by atoms with Gasteiger partial charge >= 0.3 is 6.36 Å². The molecule has 148 valence electrons. The molecular formula is C19H19F3N4O2. The van der Waals surface area contributed by atoms with Gasteiger partial charge in [0.2, 0.25) is 0 Å². The van der Waals surface area contributed by atoms with Crippen LogP contribution >= 0.6 is 0 Å². The Balaban J connectivity index is 1.56. The molecule has 28 heavy (non-hydrogen) atoms. The standard InChI is InChI=1S/C19H19F3N4O2/c20-19(21,22)28-15-3-1-2-14(10-15)16-11-18-17(12-23-16)24-13-26(18)5-4-25-6-8-27-9-7-25/h1-3,10-13H,4-9H2. The van der Waals surface area contributed by atoms with E-state index in [2.05, 4.69) is 19.6 Å². The van der Waals surface area contributed by atoms with Crippen molar-refractivity contribution in [1.82, 2.24) is 19.4 Å². The highest BCUT2D eigenvalue weighted by molar-refractivity contribution is 5.79. The van der Waals surface area contributed by atoms with Crippen molar-refractivity contribution in [2.75, 3.05) is 32.8 Å². The van der Waals surface area contributed by atoms with Gasteiger partial charge in [0, 0.05) is 31.7 Å². The van der Waals surface area contributed by atoms with Crippen molar-refractivity contribution in [3.8, 4) is 17.0 Å². The highest BCUT2D eigenvalue weighted by atomic mass is 19.4. The molecule has 1 fully saturated rings. The highest BCUT2D eigenvalue weighted by Gasteiger charge is 2.31. The molecule has 0 amide bonds. The predicted octanol–water partition coefficient (Wildman–Crippen LogP) is 3.33. The second-order valence-corrected chi connectivity index (χ2v) is 6.53. The first-order valence-corrected chi connectivity index (χ1v) is 8.95. The number of rotatable bonds is 5. The summed E-state index contributed by atoms with van der Waals surface area (Å²) >= 11 is 0. The number of benzene rings is 1. The molecule has 0 unspecified atom stereocenters. The van der Waals surface area contributed by atoms with Gasteiger partial charge in [0.05, 0.1) is 36.9 Å². The third kappa shape index (κ3) is 4.42. The van der Waals surface area contributed by atoms with Gasteiger partial charge in [-0.05, 0) is 18.2 Å². The van der Waals surface area contributed by atoms with Crippen LogP contribution in [0.4, 0.5) is 13.2 Å². The lowest BCUT2D eigenvalue weighted by Gasteiger charge is -2.26. The third-order valence-electron chi connectivity index (χ3n) is 4.63. The Labute approximate surface area is 159 Å². The molecule has 0 atom stereocenters. The Hall–Kier alpha value is -2.65. The maximum atomic E-state index is 12.5. The van der Waals surface area contributed by atoms with Crippen LogP contribution in [-0.2, 0) is 11.3 Å². The molecule has 4 rings (SSSR count). The van der Waals surface area contributed by atoms with Gasteiger partial charge in [0.15, 0.2) is 0 Å². The van der Waals surface area contributed by atoms with E-state index in [-0.39, 0.29) is 5.75 Å². The number of morpholine rings is 1. The van der Waals surface area contributed by atoms with Crippen LogP contribution in [0.1, 0.15) is 0 Å². The Morgan fingerprint density at radius 2 is 1.89 bits per heavy atom. The second-order valence-electron chi connectivity index (χ2n) is 6.53. The van der Waals surface area contributed by atoms with E-state index in [0.717, 1.165) is 50.4 Å². The summed E-state index contributed by atoms with van der Waals surface area (Å²) in [6.45, 7) is 4.94. The minimum absolute atomic E-state index is 0.271. The van der Waals surface area contributed by atoms with E-state index in [1.807, 2.05) is 10.6 Å². The molecule has 6 nitrogen and oxygen atoms in total. The Bertz CT molecular complexity index is 952. The van der Waals surface area contributed by atoms with Crippen molar-refractivity contribution in [1.29, 1.82) is 0 Å². The van der Waals surface area contributed by atoms with Crippen LogP contribution in [0.2, 0.25) is 0 Å². The molecule has 0 radical (unpaired) electrons. The number of aromatic nitrogens is 3. The molecule has 0 saturated carbocycles. The summed E-state index contributed by atoms with van der Waals surface area (Å²) in [6, 6.07) is 7.65. The largest absolute Gasteiger partial charge is 0.573 e. The fourth-order valence-corrected chi connectivity index (χ4v) is 3.22. The fourth-order valence-electron chi connectivity index (χ4n) is 3.22. The number of ether oxygens (including phenoxy) is 2. The van der Waals surface area contributed by atoms with Crippen LogP contribution in [0.15, 0.2) is 42.9 Å². The van der Waals surface area contributed by atoms with Crippen LogP contribution in [0.25, 0.3) is 22.3 Å². The number of nitrogens with zero attached hydrogens (tertiary/aromatic N) is 4. The Morgan fingerprint density at radius 3 is 2.68 bits per heavy atom. The van der Waals surface area contributed by atoms with Crippen molar-refractivity contribution in [2.45, 2.75) is 12.9 Å². The molecule has 0 aliphatic carbocycles. The summed E-state index contributed by atoms with van der Waals surface area (Å²) in [4.78, 5) is 11.0. The van der Waals surface area contributed by atoms with Crippen LogP contribution in [-0.4, -0.2) is 58.6 Å². The molecule has 0 N–H and O–H groups in total. The summed E-state index contributed by atoms with van der Waals surface area (Å²) in [5, 5.41) is 0. The summed E-state index contributed by atoms with van der Waals surface area (Å²) in [5.41, 5.74) is 2.74. The van der Waals surface area contributed by atoms with Crippen LogP contribution in [0, 0.1) is 0 Å². The van der Waals surface area contributed by atoms with Gasteiger partial charge in [-0.25, -0.2) is 4.98 Å². The minimum Gasteiger partial charge on any atom is -0.406 e. The molecule has 3 heterocycles. The van der Waals surface area contributed by atoms with E-state index in [1.54, 1.807) is 18.6 Å². The molecule has 1 aliphatic rings. The van der Waals surface area contributed by atoms with Crippen molar-refractivity contribution in [3.05, 3.63) is 42.9 Å². The lowest BCUT2D eigenvalue weighted by molar-refractivity contribution is -0.274. The first-order chi connectivity index (χ1) is 13.5. The highest BCUT2D eigenvalue weighted by Crippen LogP contribution is 2.28.